The Bertz CT molecular complexity index is 415. The fourth-order valence-electron chi connectivity index (χ4n) is 0.949. The highest BCUT2D eigenvalue weighted by molar-refractivity contribution is 5.89. The van der Waals surface area contributed by atoms with Gasteiger partial charge in [0.05, 0.1) is 12.7 Å². The van der Waals surface area contributed by atoms with Crippen LogP contribution < -0.4 is 0 Å². The number of aromatic nitrogens is 1. The zero-order chi connectivity index (χ0) is 11.3. The van der Waals surface area contributed by atoms with Crippen molar-refractivity contribution < 1.29 is 18.7 Å². The van der Waals surface area contributed by atoms with Gasteiger partial charge in [-0.15, -0.1) is 0 Å². The van der Waals surface area contributed by atoms with Crippen molar-refractivity contribution in [3.63, 3.8) is 0 Å². The third-order valence-corrected chi connectivity index (χ3v) is 1.69. The summed E-state index contributed by atoms with van der Waals surface area (Å²) in [4.78, 5) is 24.6. The van der Waals surface area contributed by atoms with Crippen molar-refractivity contribution in [2.24, 2.45) is 0 Å². The molecule has 0 atom stereocenters. The van der Waals surface area contributed by atoms with E-state index in [1.807, 2.05) is 0 Å². The Morgan fingerprint density at radius 2 is 2.33 bits per heavy atom. The van der Waals surface area contributed by atoms with Crippen LogP contribution in [0.1, 0.15) is 15.9 Å². The molecular formula is C10H8FNO3. The molecule has 78 valence electrons. The lowest BCUT2D eigenvalue weighted by molar-refractivity contribution is -0.134. The lowest BCUT2D eigenvalue weighted by atomic mass is 10.1. The first-order chi connectivity index (χ1) is 7.19. The Balaban J connectivity index is 3.04. The number of carbonyl (C=O) groups is 2. The van der Waals surface area contributed by atoms with Gasteiger partial charge in [0, 0.05) is 12.3 Å². The first-order valence-corrected chi connectivity index (χ1v) is 4.04. The maximum atomic E-state index is 13.0. The average Bonchev–Trinajstić information content (AvgIpc) is 2.25. The quantitative estimate of drug-likeness (QED) is 0.325. The Morgan fingerprint density at radius 1 is 1.60 bits per heavy atom. The van der Waals surface area contributed by atoms with Crippen LogP contribution in [-0.4, -0.2) is 24.3 Å². The standard InChI is InChI=1S/C10H8FNO3/c1-15-9(14)3-2-7-4-5-12-10(11)8(7)6-13/h2-6H,1H3. The smallest absolute Gasteiger partial charge is 0.330 e. The van der Waals surface area contributed by atoms with Gasteiger partial charge >= 0.3 is 5.97 Å². The van der Waals surface area contributed by atoms with Gasteiger partial charge in [-0.3, -0.25) is 4.79 Å². The summed E-state index contributed by atoms with van der Waals surface area (Å²) in [7, 11) is 1.22. The Hall–Kier alpha value is -2.04. The Kier molecular flexibility index (Phi) is 3.68. The van der Waals surface area contributed by atoms with E-state index in [1.165, 1.54) is 25.4 Å². The Labute approximate surface area is 85.4 Å². The number of halogens is 1. The maximum absolute atomic E-state index is 13.0. The molecule has 0 aliphatic carbocycles. The van der Waals surface area contributed by atoms with Gasteiger partial charge in [-0.1, -0.05) is 0 Å². The highest BCUT2D eigenvalue weighted by atomic mass is 19.1. The molecule has 5 heteroatoms. The molecule has 0 aliphatic heterocycles. The lowest BCUT2D eigenvalue weighted by Crippen LogP contribution is -1.97. The number of carbonyl (C=O) groups excluding carboxylic acids is 2. The number of hydrogen-bond donors (Lipinski definition) is 0. The van der Waals surface area contributed by atoms with Crippen LogP contribution in [0.3, 0.4) is 0 Å². The molecule has 0 fully saturated rings. The second-order valence-electron chi connectivity index (χ2n) is 2.58. The first kappa shape index (κ1) is 11.0. The second kappa shape index (κ2) is 4.99. The molecule has 1 heterocycles. The second-order valence-corrected chi connectivity index (χ2v) is 2.58. The van der Waals surface area contributed by atoms with E-state index in [1.54, 1.807) is 0 Å². The van der Waals surface area contributed by atoms with Gasteiger partial charge in [-0.25, -0.2) is 9.78 Å². The average molecular weight is 209 g/mol. The van der Waals surface area contributed by atoms with Crippen LogP contribution in [-0.2, 0) is 9.53 Å². The van der Waals surface area contributed by atoms with Crippen LogP contribution in [0.25, 0.3) is 6.08 Å². The number of esters is 1. The summed E-state index contributed by atoms with van der Waals surface area (Å²) >= 11 is 0. The van der Waals surface area contributed by atoms with Gasteiger partial charge in [-0.05, 0) is 17.7 Å². The molecule has 0 bridgehead atoms. The molecule has 4 nitrogen and oxygen atoms in total. The number of hydrogen-bond acceptors (Lipinski definition) is 4. The van der Waals surface area contributed by atoms with Crippen molar-refractivity contribution in [1.29, 1.82) is 0 Å². The topological polar surface area (TPSA) is 56.3 Å². The summed E-state index contributed by atoms with van der Waals surface area (Å²) in [5.41, 5.74) is 0.0977. The van der Waals surface area contributed by atoms with E-state index in [2.05, 4.69) is 9.72 Å². The van der Waals surface area contributed by atoms with Crippen molar-refractivity contribution >= 4 is 18.3 Å². The number of methoxy groups -OCH3 is 1. The van der Waals surface area contributed by atoms with Gasteiger partial charge in [0.2, 0.25) is 5.95 Å². The summed E-state index contributed by atoms with van der Waals surface area (Å²) in [6, 6.07) is 1.42. The summed E-state index contributed by atoms with van der Waals surface area (Å²) < 4.78 is 17.3. The highest BCUT2D eigenvalue weighted by Crippen LogP contribution is 2.10. The molecule has 0 saturated heterocycles. The first-order valence-electron chi connectivity index (χ1n) is 4.04. The van der Waals surface area contributed by atoms with Crippen molar-refractivity contribution in [2.45, 2.75) is 0 Å². The molecule has 1 aromatic heterocycles. The molecule has 0 saturated carbocycles. The molecule has 0 amide bonds. The SMILES string of the molecule is COC(=O)C=Cc1ccnc(F)c1C=O. The molecule has 15 heavy (non-hydrogen) atoms. The van der Waals surface area contributed by atoms with Crippen LogP contribution in [0, 0.1) is 5.95 Å². The van der Waals surface area contributed by atoms with Gasteiger partial charge in [0.15, 0.2) is 6.29 Å². The van der Waals surface area contributed by atoms with Crippen LogP contribution >= 0.6 is 0 Å². The van der Waals surface area contributed by atoms with Gasteiger partial charge < -0.3 is 4.74 Å². The van der Waals surface area contributed by atoms with E-state index in [4.69, 9.17) is 0 Å². The number of pyridine rings is 1. The maximum Gasteiger partial charge on any atom is 0.330 e. The highest BCUT2D eigenvalue weighted by Gasteiger charge is 2.06. The summed E-state index contributed by atoms with van der Waals surface area (Å²) in [5.74, 6) is -1.44. The fraction of sp³-hybridized carbons (Fsp3) is 0.100. The summed E-state index contributed by atoms with van der Waals surface area (Å²) in [5, 5.41) is 0. The predicted molar refractivity (Wildman–Crippen MR) is 50.6 cm³/mol. The molecule has 0 spiro atoms. The monoisotopic (exact) mass is 209 g/mol. The van der Waals surface area contributed by atoms with Crippen LogP contribution in [0.15, 0.2) is 18.3 Å². The minimum absolute atomic E-state index is 0.183. The van der Waals surface area contributed by atoms with Crippen LogP contribution in [0.4, 0.5) is 4.39 Å². The molecule has 0 N–H and O–H groups in total. The van der Waals surface area contributed by atoms with Crippen molar-refractivity contribution in [1.82, 2.24) is 4.98 Å². The largest absolute Gasteiger partial charge is 0.466 e. The zero-order valence-corrected chi connectivity index (χ0v) is 7.94. The van der Waals surface area contributed by atoms with Crippen molar-refractivity contribution in [3.05, 3.63) is 35.4 Å². The van der Waals surface area contributed by atoms with E-state index in [9.17, 15) is 14.0 Å². The molecular weight excluding hydrogens is 201 g/mol. The van der Waals surface area contributed by atoms with E-state index in [0.29, 0.717) is 6.29 Å². The predicted octanol–water partition coefficient (Wildman–Crippen LogP) is 1.22. The minimum atomic E-state index is -0.864. The number of ether oxygens (including phenoxy) is 1. The molecule has 0 radical (unpaired) electrons. The van der Waals surface area contributed by atoms with Crippen molar-refractivity contribution in [3.8, 4) is 0 Å². The van der Waals surface area contributed by atoms with Crippen LogP contribution in [0.5, 0.6) is 0 Å². The molecule has 0 unspecified atom stereocenters. The lowest BCUT2D eigenvalue weighted by Gasteiger charge is -1.98. The normalized spacial score (nSPS) is 10.3. The van der Waals surface area contributed by atoms with E-state index in [-0.39, 0.29) is 11.1 Å². The number of aldehydes is 1. The number of rotatable bonds is 3. The third-order valence-electron chi connectivity index (χ3n) is 1.69. The van der Waals surface area contributed by atoms with E-state index >= 15 is 0 Å². The third kappa shape index (κ3) is 2.70. The Morgan fingerprint density at radius 3 is 2.93 bits per heavy atom. The molecule has 0 aliphatic rings. The van der Waals surface area contributed by atoms with E-state index in [0.717, 1.165) is 6.08 Å². The molecule has 0 aromatic carbocycles. The summed E-state index contributed by atoms with van der Waals surface area (Å²) in [6.07, 6.45) is 3.95. The van der Waals surface area contributed by atoms with E-state index < -0.39 is 11.9 Å². The van der Waals surface area contributed by atoms with Gasteiger partial charge in [0.25, 0.3) is 0 Å². The summed E-state index contributed by atoms with van der Waals surface area (Å²) in [6.45, 7) is 0. The van der Waals surface area contributed by atoms with Crippen LogP contribution in [0.2, 0.25) is 0 Å². The zero-order valence-electron chi connectivity index (χ0n) is 7.94. The fourth-order valence-corrected chi connectivity index (χ4v) is 0.949. The molecule has 1 aromatic rings. The minimum Gasteiger partial charge on any atom is -0.466 e. The van der Waals surface area contributed by atoms with Gasteiger partial charge in [-0.2, -0.15) is 4.39 Å². The van der Waals surface area contributed by atoms with Gasteiger partial charge in [0.1, 0.15) is 0 Å². The number of nitrogens with zero attached hydrogens (tertiary/aromatic N) is 1. The van der Waals surface area contributed by atoms with Crippen molar-refractivity contribution in [2.75, 3.05) is 7.11 Å². The molecule has 1 rings (SSSR count).